The molecular formula is C23H33FN6O4. The summed E-state index contributed by atoms with van der Waals surface area (Å²) in [7, 11) is 1.63. The van der Waals surface area contributed by atoms with E-state index in [1.807, 2.05) is 6.92 Å². The number of carbonyl (C=O) groups excluding carboxylic acids is 2. The molecule has 0 saturated carbocycles. The zero-order chi connectivity index (χ0) is 24.7. The van der Waals surface area contributed by atoms with Gasteiger partial charge in [0.1, 0.15) is 5.82 Å². The van der Waals surface area contributed by atoms with Crippen molar-refractivity contribution in [1.29, 1.82) is 0 Å². The third kappa shape index (κ3) is 6.73. The number of aliphatic hydroxyl groups excluding tert-OH is 1. The molecule has 3 atom stereocenters. The van der Waals surface area contributed by atoms with Crippen LogP contribution in [0.1, 0.15) is 32.4 Å². The standard InChI is InChI=1S/C23H33FN6O4/c1-16-12-29(17(2)14-31)22(32)8-5-9-30-20(11-25-27-30)15-34-21(16)13-28(3)23(33)26-19-7-4-6-18(24)10-19/h4,6-7,10-11,16-17,21,31H,5,8-9,12-15H2,1-3H3,(H,26,33)/t16-,17-,21-/m0/s1. The van der Waals surface area contributed by atoms with Crippen LogP contribution < -0.4 is 5.32 Å². The van der Waals surface area contributed by atoms with E-state index in [2.05, 4.69) is 15.6 Å². The number of amides is 3. The lowest BCUT2D eigenvalue weighted by Crippen LogP contribution is -2.48. The summed E-state index contributed by atoms with van der Waals surface area (Å²) in [6.45, 7) is 5.01. The maximum absolute atomic E-state index is 13.5. The first kappa shape index (κ1) is 25.6. The molecule has 1 aromatic carbocycles. The van der Waals surface area contributed by atoms with E-state index in [0.717, 1.165) is 5.69 Å². The van der Waals surface area contributed by atoms with Crippen LogP contribution in [-0.2, 0) is 22.7 Å². The Labute approximate surface area is 198 Å². The molecule has 2 N–H and O–H groups in total. The minimum atomic E-state index is -0.440. The molecular weight excluding hydrogens is 443 g/mol. The number of aromatic nitrogens is 3. The van der Waals surface area contributed by atoms with Crippen molar-refractivity contribution in [1.82, 2.24) is 24.8 Å². The first-order chi connectivity index (χ1) is 16.3. The molecule has 3 rings (SSSR count). The van der Waals surface area contributed by atoms with Gasteiger partial charge in [-0.05, 0) is 31.5 Å². The third-order valence-electron chi connectivity index (χ3n) is 6.02. The number of benzene rings is 1. The highest BCUT2D eigenvalue weighted by Crippen LogP contribution is 2.19. The first-order valence-electron chi connectivity index (χ1n) is 11.5. The zero-order valence-electron chi connectivity index (χ0n) is 19.9. The number of hydrogen-bond acceptors (Lipinski definition) is 6. The van der Waals surface area contributed by atoms with Gasteiger partial charge in [-0.25, -0.2) is 13.9 Å². The average Bonchev–Trinajstić information content (AvgIpc) is 3.25. The minimum Gasteiger partial charge on any atom is -0.394 e. The number of nitrogens with zero attached hydrogens (tertiary/aromatic N) is 5. The summed E-state index contributed by atoms with van der Waals surface area (Å²) < 4.78 is 21.4. The van der Waals surface area contributed by atoms with E-state index in [9.17, 15) is 19.1 Å². The molecule has 0 unspecified atom stereocenters. The maximum Gasteiger partial charge on any atom is 0.321 e. The molecule has 3 amide bonds. The second-order valence-electron chi connectivity index (χ2n) is 8.78. The zero-order valence-corrected chi connectivity index (χ0v) is 19.9. The number of halogens is 1. The molecule has 1 aromatic heterocycles. The number of nitrogens with one attached hydrogen (secondary N) is 1. The van der Waals surface area contributed by atoms with Gasteiger partial charge in [0, 0.05) is 44.7 Å². The summed E-state index contributed by atoms with van der Waals surface area (Å²) in [5, 5.41) is 20.4. The van der Waals surface area contributed by atoms with E-state index in [0.29, 0.717) is 31.6 Å². The second-order valence-corrected chi connectivity index (χ2v) is 8.78. The fourth-order valence-corrected chi connectivity index (χ4v) is 3.88. The molecule has 0 spiro atoms. The average molecular weight is 477 g/mol. The van der Waals surface area contributed by atoms with Gasteiger partial charge < -0.3 is 25.0 Å². The van der Waals surface area contributed by atoms with Gasteiger partial charge in [0.05, 0.1) is 37.3 Å². The number of anilines is 1. The largest absolute Gasteiger partial charge is 0.394 e. The number of likely N-dealkylation sites (N-methyl/N-ethyl adjacent to an activating group) is 1. The highest BCUT2D eigenvalue weighted by molar-refractivity contribution is 5.89. The Hall–Kier alpha value is -3.05. The Kier molecular flexibility index (Phi) is 8.94. The summed E-state index contributed by atoms with van der Waals surface area (Å²) in [5.41, 5.74) is 1.14. The molecule has 186 valence electrons. The number of fused-ring (bicyclic) bond motifs is 1. The molecule has 10 nitrogen and oxygen atoms in total. The molecule has 1 aliphatic rings. The molecule has 0 fully saturated rings. The molecule has 1 aliphatic heterocycles. The Bertz CT molecular complexity index is 970. The van der Waals surface area contributed by atoms with E-state index in [4.69, 9.17) is 4.74 Å². The SMILES string of the molecule is C[C@H]1CN([C@@H](C)CO)C(=O)CCCn2nncc2CO[C@H]1CN(C)C(=O)Nc1cccc(F)c1. The van der Waals surface area contributed by atoms with Crippen LogP contribution in [0.2, 0.25) is 0 Å². The van der Waals surface area contributed by atoms with Crippen molar-refractivity contribution in [3.63, 3.8) is 0 Å². The minimum absolute atomic E-state index is 0.0495. The molecule has 34 heavy (non-hydrogen) atoms. The number of aliphatic hydroxyl groups is 1. The number of hydrogen-bond donors (Lipinski definition) is 2. The Morgan fingerprint density at radius 2 is 2.24 bits per heavy atom. The van der Waals surface area contributed by atoms with Crippen LogP contribution in [0.5, 0.6) is 0 Å². The van der Waals surface area contributed by atoms with Gasteiger partial charge in [-0.15, -0.1) is 5.10 Å². The number of rotatable bonds is 5. The van der Waals surface area contributed by atoms with Crippen molar-refractivity contribution in [3.8, 4) is 0 Å². The fourth-order valence-electron chi connectivity index (χ4n) is 3.88. The van der Waals surface area contributed by atoms with Crippen molar-refractivity contribution in [2.75, 3.05) is 32.1 Å². The van der Waals surface area contributed by atoms with E-state index >= 15 is 0 Å². The van der Waals surface area contributed by atoms with E-state index < -0.39 is 18.0 Å². The number of ether oxygens (including phenoxy) is 1. The van der Waals surface area contributed by atoms with Gasteiger partial charge in [0.2, 0.25) is 5.91 Å². The van der Waals surface area contributed by atoms with Gasteiger partial charge >= 0.3 is 6.03 Å². The third-order valence-corrected chi connectivity index (χ3v) is 6.02. The van der Waals surface area contributed by atoms with Crippen LogP contribution in [0.15, 0.2) is 30.5 Å². The van der Waals surface area contributed by atoms with E-state index in [1.165, 1.54) is 23.1 Å². The summed E-state index contributed by atoms with van der Waals surface area (Å²) in [6.07, 6.45) is 2.14. The molecule has 2 aromatic rings. The molecule has 0 radical (unpaired) electrons. The summed E-state index contributed by atoms with van der Waals surface area (Å²) in [4.78, 5) is 28.8. The molecule has 11 heteroatoms. The lowest BCUT2D eigenvalue weighted by molar-refractivity contribution is -0.136. The van der Waals surface area contributed by atoms with Crippen molar-refractivity contribution in [2.45, 2.75) is 52.0 Å². The molecule has 2 heterocycles. The van der Waals surface area contributed by atoms with Crippen molar-refractivity contribution < 1.29 is 23.8 Å². The van der Waals surface area contributed by atoms with Gasteiger partial charge in [0.25, 0.3) is 0 Å². The molecule has 0 bridgehead atoms. The van der Waals surface area contributed by atoms with Crippen LogP contribution in [0.4, 0.5) is 14.9 Å². The van der Waals surface area contributed by atoms with Crippen molar-refractivity contribution >= 4 is 17.6 Å². The molecule has 0 aliphatic carbocycles. The summed E-state index contributed by atoms with van der Waals surface area (Å²) >= 11 is 0. The van der Waals surface area contributed by atoms with Gasteiger partial charge in [0.15, 0.2) is 0 Å². The Morgan fingerprint density at radius 3 is 2.97 bits per heavy atom. The maximum atomic E-state index is 13.5. The van der Waals surface area contributed by atoms with Crippen LogP contribution >= 0.6 is 0 Å². The van der Waals surface area contributed by atoms with Crippen LogP contribution in [0, 0.1) is 11.7 Å². The van der Waals surface area contributed by atoms with Crippen LogP contribution in [0.3, 0.4) is 0 Å². The van der Waals surface area contributed by atoms with Crippen LogP contribution in [-0.4, -0.2) is 80.7 Å². The Balaban J connectivity index is 1.76. The number of urea groups is 1. The predicted molar refractivity (Wildman–Crippen MR) is 123 cm³/mol. The van der Waals surface area contributed by atoms with Crippen molar-refractivity contribution in [3.05, 3.63) is 42.0 Å². The quantitative estimate of drug-likeness (QED) is 0.684. The van der Waals surface area contributed by atoms with Gasteiger partial charge in [-0.2, -0.15) is 0 Å². The lowest BCUT2D eigenvalue weighted by atomic mass is 10.0. The second kappa shape index (κ2) is 11.9. The fraction of sp³-hybridized carbons (Fsp3) is 0.565. The van der Waals surface area contributed by atoms with E-state index in [1.54, 1.807) is 35.8 Å². The highest BCUT2D eigenvalue weighted by Gasteiger charge is 2.29. The van der Waals surface area contributed by atoms with Gasteiger partial charge in [-0.1, -0.05) is 18.2 Å². The van der Waals surface area contributed by atoms with Crippen molar-refractivity contribution in [2.24, 2.45) is 5.92 Å². The number of carbonyl (C=O) groups is 2. The predicted octanol–water partition coefficient (Wildman–Crippen LogP) is 2.11. The normalized spacial score (nSPS) is 20.6. The Morgan fingerprint density at radius 1 is 1.44 bits per heavy atom. The van der Waals surface area contributed by atoms with E-state index in [-0.39, 0.29) is 37.6 Å². The highest BCUT2D eigenvalue weighted by atomic mass is 19.1. The smallest absolute Gasteiger partial charge is 0.321 e. The topological polar surface area (TPSA) is 113 Å². The van der Waals surface area contributed by atoms with Crippen LogP contribution in [0.25, 0.3) is 0 Å². The first-order valence-corrected chi connectivity index (χ1v) is 11.5. The monoisotopic (exact) mass is 476 g/mol. The lowest BCUT2D eigenvalue weighted by Gasteiger charge is -2.35. The molecule has 0 saturated heterocycles. The number of aryl methyl sites for hydroxylation is 1. The summed E-state index contributed by atoms with van der Waals surface area (Å²) in [5.74, 6) is -0.637. The van der Waals surface area contributed by atoms with Gasteiger partial charge in [-0.3, -0.25) is 4.79 Å². The summed E-state index contributed by atoms with van der Waals surface area (Å²) in [6, 6.07) is 4.94.